The van der Waals surface area contributed by atoms with E-state index in [1.807, 2.05) is 60.7 Å². The predicted octanol–water partition coefficient (Wildman–Crippen LogP) is 4.44. The first-order valence-corrected chi connectivity index (χ1v) is 10.0. The van der Waals surface area contributed by atoms with E-state index in [9.17, 15) is 9.59 Å². The van der Waals surface area contributed by atoms with E-state index >= 15 is 0 Å². The Balaban J connectivity index is 1.48. The molecule has 5 heteroatoms. The Bertz CT molecular complexity index is 979. The molecule has 3 rings (SSSR count). The van der Waals surface area contributed by atoms with Crippen molar-refractivity contribution < 1.29 is 9.59 Å². The van der Waals surface area contributed by atoms with E-state index in [0.717, 1.165) is 35.2 Å². The van der Waals surface area contributed by atoms with Gasteiger partial charge in [0.1, 0.15) is 0 Å². The second kappa shape index (κ2) is 9.73. The summed E-state index contributed by atoms with van der Waals surface area (Å²) in [4.78, 5) is 26.7. The summed E-state index contributed by atoms with van der Waals surface area (Å²) in [5.74, 6) is -0.300. The first-order valence-electron chi connectivity index (χ1n) is 10.0. The molecule has 150 valence electrons. The lowest BCUT2D eigenvalue weighted by molar-refractivity contribution is -0.116. The van der Waals surface area contributed by atoms with Gasteiger partial charge in [0.15, 0.2) is 0 Å². The fourth-order valence-corrected chi connectivity index (χ4v) is 3.29. The van der Waals surface area contributed by atoms with Crippen LogP contribution in [-0.4, -0.2) is 31.4 Å². The molecule has 0 aliphatic carbocycles. The van der Waals surface area contributed by atoms with Crippen LogP contribution < -0.4 is 15.5 Å². The minimum atomic E-state index is -0.174. The highest BCUT2D eigenvalue weighted by molar-refractivity contribution is 5.99. The van der Waals surface area contributed by atoms with Crippen LogP contribution in [0, 0.1) is 0 Å². The number of rotatable bonds is 8. The molecular formula is C24H27N3O2. The van der Waals surface area contributed by atoms with Gasteiger partial charge in [-0.2, -0.15) is 0 Å². The first kappa shape index (κ1) is 20.4. The number of anilines is 2. The molecule has 0 aliphatic heterocycles. The summed E-state index contributed by atoms with van der Waals surface area (Å²) in [6, 6.07) is 21.3. The maximum atomic E-state index is 12.3. The number of amides is 2. The van der Waals surface area contributed by atoms with E-state index in [1.54, 1.807) is 6.07 Å². The van der Waals surface area contributed by atoms with Crippen LogP contribution in [0.2, 0.25) is 0 Å². The fraction of sp³-hybridized carbons (Fsp3) is 0.250. The normalized spacial score (nSPS) is 10.6. The van der Waals surface area contributed by atoms with Gasteiger partial charge in [-0.25, -0.2) is 0 Å². The molecule has 29 heavy (non-hydrogen) atoms. The molecule has 0 unspecified atom stereocenters. The summed E-state index contributed by atoms with van der Waals surface area (Å²) in [5, 5.41) is 7.80. The van der Waals surface area contributed by atoms with Crippen LogP contribution in [0.1, 0.15) is 30.6 Å². The molecule has 0 saturated heterocycles. The molecule has 0 heterocycles. The minimum absolute atomic E-state index is 0.126. The lowest BCUT2D eigenvalue weighted by Gasteiger charge is -2.21. The predicted molar refractivity (Wildman–Crippen MR) is 120 cm³/mol. The maximum Gasteiger partial charge on any atom is 0.251 e. The van der Waals surface area contributed by atoms with Gasteiger partial charge in [0.2, 0.25) is 5.91 Å². The zero-order valence-corrected chi connectivity index (χ0v) is 16.9. The fourth-order valence-electron chi connectivity index (χ4n) is 3.29. The van der Waals surface area contributed by atoms with Gasteiger partial charge >= 0.3 is 0 Å². The van der Waals surface area contributed by atoms with Gasteiger partial charge in [-0.15, -0.1) is 0 Å². The number of hydrogen-bond acceptors (Lipinski definition) is 3. The van der Waals surface area contributed by atoms with Crippen LogP contribution >= 0.6 is 0 Å². The number of hydrogen-bond donors (Lipinski definition) is 2. The average Bonchev–Trinajstić information content (AvgIpc) is 2.75. The van der Waals surface area contributed by atoms with Crippen molar-refractivity contribution in [2.24, 2.45) is 0 Å². The lowest BCUT2D eigenvalue weighted by Crippen LogP contribution is -2.27. The van der Waals surface area contributed by atoms with Crippen LogP contribution in [0.5, 0.6) is 0 Å². The van der Waals surface area contributed by atoms with Crippen LogP contribution in [0.15, 0.2) is 66.7 Å². The van der Waals surface area contributed by atoms with E-state index in [0.29, 0.717) is 5.56 Å². The molecular weight excluding hydrogens is 362 g/mol. The Morgan fingerprint density at radius 2 is 1.55 bits per heavy atom. The summed E-state index contributed by atoms with van der Waals surface area (Å²) in [6.45, 7) is 6.41. The number of nitrogens with zero attached hydrogens (tertiary/aromatic N) is 1. The largest absolute Gasteiger partial charge is 0.372 e. The molecule has 2 amide bonds. The van der Waals surface area contributed by atoms with Gasteiger partial charge in [-0.3, -0.25) is 9.59 Å². The van der Waals surface area contributed by atoms with Crippen molar-refractivity contribution in [3.05, 3.63) is 72.3 Å². The van der Waals surface area contributed by atoms with Gasteiger partial charge in [-0.05, 0) is 61.0 Å². The molecule has 5 nitrogen and oxygen atoms in total. The van der Waals surface area contributed by atoms with Crippen molar-refractivity contribution in [2.45, 2.75) is 20.3 Å². The summed E-state index contributed by atoms with van der Waals surface area (Å²) in [7, 11) is 0. The van der Waals surface area contributed by atoms with Crippen LogP contribution in [0.3, 0.4) is 0 Å². The highest BCUT2D eigenvalue weighted by Crippen LogP contribution is 2.18. The van der Waals surface area contributed by atoms with Crippen molar-refractivity contribution in [1.82, 2.24) is 5.32 Å². The molecule has 3 aromatic carbocycles. The second-order valence-electron chi connectivity index (χ2n) is 6.84. The molecule has 0 bridgehead atoms. The standard InChI is InChI=1S/C24H27N3O2/c1-3-27(4-2)22-13-11-21(12-14-22)26-23(28)15-16-25-24(29)20-10-9-18-7-5-6-8-19(18)17-20/h5-14,17H,3-4,15-16H2,1-2H3,(H,25,29)(H,26,28). The second-order valence-corrected chi connectivity index (χ2v) is 6.84. The molecule has 0 spiro atoms. The van der Waals surface area contributed by atoms with Crippen molar-refractivity contribution in [3.8, 4) is 0 Å². The Labute approximate surface area is 171 Å². The van der Waals surface area contributed by atoms with E-state index in [1.165, 1.54) is 0 Å². The van der Waals surface area contributed by atoms with Gasteiger partial charge in [0, 0.05) is 43.0 Å². The van der Waals surface area contributed by atoms with E-state index in [-0.39, 0.29) is 24.8 Å². The summed E-state index contributed by atoms with van der Waals surface area (Å²) in [6.07, 6.45) is 0.219. The quantitative estimate of drug-likeness (QED) is 0.599. The van der Waals surface area contributed by atoms with E-state index in [4.69, 9.17) is 0 Å². The van der Waals surface area contributed by atoms with E-state index < -0.39 is 0 Å². The Kier molecular flexibility index (Phi) is 6.85. The summed E-state index contributed by atoms with van der Waals surface area (Å²) in [5.41, 5.74) is 2.48. The number of carbonyl (C=O) groups excluding carboxylic acids is 2. The van der Waals surface area contributed by atoms with Crippen molar-refractivity contribution >= 4 is 34.0 Å². The molecule has 0 saturated carbocycles. The zero-order valence-electron chi connectivity index (χ0n) is 16.9. The van der Waals surface area contributed by atoms with Crippen molar-refractivity contribution in [1.29, 1.82) is 0 Å². The van der Waals surface area contributed by atoms with E-state index in [2.05, 4.69) is 29.4 Å². The summed E-state index contributed by atoms with van der Waals surface area (Å²) < 4.78 is 0. The van der Waals surface area contributed by atoms with Gasteiger partial charge in [-0.1, -0.05) is 30.3 Å². The highest BCUT2D eigenvalue weighted by atomic mass is 16.2. The number of carbonyl (C=O) groups is 2. The lowest BCUT2D eigenvalue weighted by atomic mass is 10.1. The SMILES string of the molecule is CCN(CC)c1ccc(NC(=O)CCNC(=O)c2ccc3ccccc3c2)cc1. The molecule has 0 aliphatic rings. The Morgan fingerprint density at radius 3 is 2.24 bits per heavy atom. The third kappa shape index (κ3) is 5.35. The van der Waals surface area contributed by atoms with Crippen LogP contribution in [0.4, 0.5) is 11.4 Å². The third-order valence-electron chi connectivity index (χ3n) is 4.93. The number of nitrogens with one attached hydrogen (secondary N) is 2. The molecule has 0 radical (unpaired) electrons. The van der Waals surface area contributed by atoms with Crippen LogP contribution in [0.25, 0.3) is 10.8 Å². The first-order chi connectivity index (χ1) is 14.1. The third-order valence-corrected chi connectivity index (χ3v) is 4.93. The molecule has 2 N–H and O–H groups in total. The van der Waals surface area contributed by atoms with Gasteiger partial charge in [0.05, 0.1) is 0 Å². The van der Waals surface area contributed by atoms with Crippen molar-refractivity contribution in [3.63, 3.8) is 0 Å². The number of benzene rings is 3. The smallest absolute Gasteiger partial charge is 0.251 e. The van der Waals surface area contributed by atoms with Gasteiger partial charge < -0.3 is 15.5 Å². The monoisotopic (exact) mass is 389 g/mol. The Morgan fingerprint density at radius 1 is 0.862 bits per heavy atom. The highest BCUT2D eigenvalue weighted by Gasteiger charge is 2.08. The topological polar surface area (TPSA) is 61.4 Å². The molecule has 3 aromatic rings. The molecule has 0 atom stereocenters. The Hall–Kier alpha value is -3.34. The minimum Gasteiger partial charge on any atom is -0.372 e. The summed E-state index contributed by atoms with van der Waals surface area (Å²) >= 11 is 0. The average molecular weight is 389 g/mol. The maximum absolute atomic E-state index is 12.3. The van der Waals surface area contributed by atoms with Gasteiger partial charge in [0.25, 0.3) is 5.91 Å². The molecule has 0 aromatic heterocycles. The zero-order chi connectivity index (χ0) is 20.6. The van der Waals surface area contributed by atoms with Crippen LogP contribution in [-0.2, 0) is 4.79 Å². The number of fused-ring (bicyclic) bond motifs is 1. The van der Waals surface area contributed by atoms with Crippen molar-refractivity contribution in [2.75, 3.05) is 29.9 Å². The molecule has 0 fully saturated rings.